The molecule has 1 aromatic rings. The number of nitrogens with zero attached hydrogens (tertiary/aromatic N) is 2. The van der Waals surface area contributed by atoms with Gasteiger partial charge in [0.15, 0.2) is 6.04 Å². The Kier molecular flexibility index (Phi) is 6.69. The number of carboxylic acids is 1. The Hall–Kier alpha value is -1.87. The molecule has 27 heavy (non-hydrogen) atoms. The van der Waals surface area contributed by atoms with Gasteiger partial charge >= 0.3 is 5.97 Å². The maximum Gasteiger partial charge on any atom is 0.324 e. The summed E-state index contributed by atoms with van der Waals surface area (Å²) in [4.78, 5) is 42.4. The van der Waals surface area contributed by atoms with Crippen molar-refractivity contribution in [1.29, 1.82) is 0 Å². The first-order valence-electron chi connectivity index (χ1n) is 8.17. The highest BCUT2D eigenvalue weighted by atomic mass is 32.7. The molecular weight excluding hydrogens is 395 g/mol. The largest absolute Gasteiger partial charge is 0.480 e. The van der Waals surface area contributed by atoms with Gasteiger partial charge in [-0.2, -0.15) is 0 Å². The average molecular weight is 416 g/mol. The molecule has 1 heterocycles. The summed E-state index contributed by atoms with van der Waals surface area (Å²) < 4.78 is 24.3. The summed E-state index contributed by atoms with van der Waals surface area (Å²) in [6.07, 6.45) is -0.313. The summed E-state index contributed by atoms with van der Waals surface area (Å²) in [6.45, 7) is 3.29. The van der Waals surface area contributed by atoms with Crippen LogP contribution in [0.4, 0.5) is 0 Å². The monoisotopic (exact) mass is 416 g/mol. The highest BCUT2D eigenvalue weighted by molar-refractivity contribution is 8.36. The van der Waals surface area contributed by atoms with Gasteiger partial charge in [0.05, 0.1) is 17.7 Å². The highest BCUT2D eigenvalue weighted by Gasteiger charge is 2.39. The average Bonchev–Trinajstić information content (AvgIpc) is 2.81. The summed E-state index contributed by atoms with van der Waals surface area (Å²) in [5.74, 6) is -2.56. The van der Waals surface area contributed by atoms with Gasteiger partial charge in [-0.25, -0.2) is 8.42 Å². The Morgan fingerprint density at radius 2 is 1.74 bits per heavy atom. The summed E-state index contributed by atoms with van der Waals surface area (Å²) >= 11 is 0. The van der Waals surface area contributed by atoms with Crippen LogP contribution < -0.4 is 0 Å². The van der Waals surface area contributed by atoms with Crippen molar-refractivity contribution in [2.75, 3.05) is 13.2 Å². The van der Waals surface area contributed by atoms with E-state index in [1.54, 1.807) is 34.4 Å². The molecule has 0 fully saturated rings. The second kappa shape index (κ2) is 8.43. The third kappa shape index (κ3) is 4.90. The minimum absolute atomic E-state index is 0.00950. The van der Waals surface area contributed by atoms with Crippen molar-refractivity contribution in [2.45, 2.75) is 26.3 Å². The summed E-state index contributed by atoms with van der Waals surface area (Å²) in [5.41, 5.74) is 0.474. The van der Waals surface area contributed by atoms with Crippen molar-refractivity contribution in [2.24, 2.45) is 5.92 Å². The third-order valence-electron chi connectivity index (χ3n) is 3.83. The Balaban J connectivity index is 2.18. The van der Waals surface area contributed by atoms with E-state index in [2.05, 4.69) is 0 Å². The summed E-state index contributed by atoms with van der Waals surface area (Å²) in [6, 6.07) is 4.67. The summed E-state index contributed by atoms with van der Waals surface area (Å²) in [7, 11) is -2.53. The number of amides is 2. The predicted octanol–water partition coefficient (Wildman–Crippen LogP) is 1.14. The molecule has 148 valence electrons. The molecular formula is C16H21N2O7PS. The number of hydrogen-bond acceptors (Lipinski definition) is 6. The molecule has 0 aromatic heterocycles. The molecule has 2 amide bonds. The molecule has 0 spiro atoms. The lowest BCUT2D eigenvalue weighted by atomic mass is 10.1. The molecule has 0 saturated carbocycles. The predicted molar refractivity (Wildman–Crippen MR) is 99.1 cm³/mol. The molecule has 2 atom stereocenters. The van der Waals surface area contributed by atoms with Crippen LogP contribution in [0, 0.1) is 5.92 Å². The van der Waals surface area contributed by atoms with Gasteiger partial charge < -0.3 is 5.11 Å². The second-order valence-electron chi connectivity index (χ2n) is 6.44. The molecule has 1 N–H and O–H groups in total. The Bertz CT molecular complexity index is 821. The Morgan fingerprint density at radius 3 is 2.15 bits per heavy atom. The van der Waals surface area contributed by atoms with E-state index in [0.717, 1.165) is 4.90 Å². The number of aliphatic carboxylic acids is 1. The Morgan fingerprint density at radius 1 is 1.22 bits per heavy atom. The van der Waals surface area contributed by atoms with Crippen molar-refractivity contribution in [3.63, 3.8) is 0 Å². The number of rotatable bonds is 9. The van der Waals surface area contributed by atoms with E-state index in [-0.39, 0.29) is 36.6 Å². The van der Waals surface area contributed by atoms with Crippen LogP contribution in [-0.2, 0) is 19.3 Å². The minimum Gasteiger partial charge on any atom is -0.480 e. The third-order valence-corrected chi connectivity index (χ3v) is 5.31. The fourth-order valence-electron chi connectivity index (χ4n) is 2.58. The van der Waals surface area contributed by atoms with Crippen molar-refractivity contribution in [1.82, 2.24) is 9.37 Å². The highest BCUT2D eigenvalue weighted by Crippen LogP contribution is 2.24. The van der Waals surface area contributed by atoms with Crippen LogP contribution in [0.5, 0.6) is 0 Å². The number of fused-ring (bicyclic) bond motifs is 1. The van der Waals surface area contributed by atoms with Gasteiger partial charge in [0.1, 0.15) is 0 Å². The van der Waals surface area contributed by atoms with Gasteiger partial charge in [0.2, 0.25) is 9.64 Å². The van der Waals surface area contributed by atoms with Crippen molar-refractivity contribution in [3.05, 3.63) is 35.4 Å². The van der Waals surface area contributed by atoms with Gasteiger partial charge in [-0.1, -0.05) is 30.4 Å². The number of benzene rings is 1. The van der Waals surface area contributed by atoms with Crippen molar-refractivity contribution < 1.29 is 32.7 Å². The first kappa shape index (κ1) is 21.4. The maximum atomic E-state index is 12.4. The van der Waals surface area contributed by atoms with Crippen LogP contribution in [0.15, 0.2) is 24.3 Å². The van der Waals surface area contributed by atoms with Gasteiger partial charge in [-0.15, -0.1) is 0 Å². The molecule has 11 heteroatoms. The van der Waals surface area contributed by atoms with Crippen LogP contribution >= 0.6 is 8.44 Å². The molecule has 0 bridgehead atoms. The molecule has 9 nitrogen and oxygen atoms in total. The van der Waals surface area contributed by atoms with E-state index in [1.165, 1.54) is 12.1 Å². The molecule has 0 radical (unpaired) electrons. The van der Waals surface area contributed by atoms with Gasteiger partial charge in [0.25, 0.3) is 11.8 Å². The SMILES string of the molecule is CC(C)CON([C@H](CCN1C(=O)c2ccccc2C1=O)C(=O)O)S(=O)(=O)P. The number of hydroxylamine groups is 1. The zero-order chi connectivity index (χ0) is 20.4. The van der Waals surface area contributed by atoms with E-state index >= 15 is 0 Å². The molecule has 1 aliphatic rings. The number of carbonyl (C=O) groups excluding carboxylic acids is 2. The van der Waals surface area contributed by atoms with Crippen LogP contribution in [0.3, 0.4) is 0 Å². The lowest BCUT2D eigenvalue weighted by molar-refractivity contribution is -0.164. The zero-order valence-electron chi connectivity index (χ0n) is 14.9. The van der Waals surface area contributed by atoms with Crippen molar-refractivity contribution in [3.8, 4) is 0 Å². The Labute approximate surface area is 159 Å². The molecule has 1 aromatic carbocycles. The van der Waals surface area contributed by atoms with E-state index in [1.807, 2.05) is 0 Å². The van der Waals surface area contributed by atoms with E-state index in [4.69, 9.17) is 4.84 Å². The van der Waals surface area contributed by atoms with Gasteiger partial charge in [-0.05, 0) is 24.5 Å². The second-order valence-corrected chi connectivity index (χ2v) is 9.62. The first-order chi connectivity index (χ1) is 12.5. The minimum atomic E-state index is -4.07. The molecule has 1 unspecified atom stereocenters. The molecule has 1 aliphatic heterocycles. The lowest BCUT2D eigenvalue weighted by Crippen LogP contribution is -2.46. The van der Waals surface area contributed by atoms with E-state index in [9.17, 15) is 27.9 Å². The molecule has 2 rings (SSSR count). The zero-order valence-corrected chi connectivity index (χ0v) is 16.8. The topological polar surface area (TPSA) is 121 Å². The van der Waals surface area contributed by atoms with Gasteiger partial charge in [-0.3, -0.25) is 24.1 Å². The number of hydrogen-bond donors (Lipinski definition) is 1. The normalized spacial score (nSPS) is 15.5. The van der Waals surface area contributed by atoms with Crippen molar-refractivity contribution >= 4 is 35.9 Å². The van der Waals surface area contributed by atoms with Crippen LogP contribution in [-0.4, -0.2) is 59.9 Å². The van der Waals surface area contributed by atoms with Crippen LogP contribution in [0.25, 0.3) is 0 Å². The smallest absolute Gasteiger partial charge is 0.324 e. The quantitative estimate of drug-likeness (QED) is 0.364. The number of carbonyl (C=O) groups is 3. The fourth-order valence-corrected chi connectivity index (χ4v) is 3.96. The van der Waals surface area contributed by atoms with Gasteiger partial charge in [0, 0.05) is 15.0 Å². The first-order valence-corrected chi connectivity index (χ1v) is 11.1. The number of carboxylic acid groups (broad SMARTS) is 1. The number of imide groups is 1. The van der Waals surface area contributed by atoms with Crippen LogP contribution in [0.1, 0.15) is 41.0 Å². The molecule has 0 saturated heterocycles. The van der Waals surface area contributed by atoms with Crippen LogP contribution in [0.2, 0.25) is 0 Å². The standard InChI is InChI=1S/C16H21N2O7PS/c1-10(2)9-25-18(27(23,24)26)13(16(21)22)7-8-17-14(19)11-5-3-4-6-12(11)15(17)20/h3-6,10,13H,7-9,26H2,1-2H3,(H,21,22)/t13-/m1/s1. The van der Waals surface area contributed by atoms with E-state index < -0.39 is 33.5 Å². The lowest BCUT2D eigenvalue weighted by Gasteiger charge is -2.27. The molecule has 0 aliphatic carbocycles. The maximum absolute atomic E-state index is 12.4. The fraction of sp³-hybridized carbons (Fsp3) is 0.438. The summed E-state index contributed by atoms with van der Waals surface area (Å²) in [5, 5.41) is 9.47. The van der Waals surface area contributed by atoms with E-state index in [0.29, 0.717) is 4.47 Å².